The summed E-state index contributed by atoms with van der Waals surface area (Å²) < 4.78 is 30.2. The Morgan fingerprint density at radius 3 is 2.24 bits per heavy atom. The number of sulfonamides is 1. The number of halogens is 1. The Kier molecular flexibility index (Phi) is 5.89. The number of piperazine rings is 1. The van der Waals surface area contributed by atoms with Gasteiger partial charge in [0.15, 0.2) is 5.84 Å². The van der Waals surface area contributed by atoms with Crippen LogP contribution in [0.5, 0.6) is 0 Å². The fraction of sp³-hybridized carbons (Fsp3) is 0.190. The van der Waals surface area contributed by atoms with Gasteiger partial charge in [-0.2, -0.15) is 8.42 Å². The SMILES string of the molecule is O=S(=O)(N=C(c1ccccc1Cl)N1CCN(c2ccccc2)CC1)c1cccs1. The minimum Gasteiger partial charge on any atom is -0.368 e. The van der Waals surface area contributed by atoms with Crippen molar-refractivity contribution in [3.05, 3.63) is 82.7 Å². The Morgan fingerprint density at radius 2 is 1.59 bits per heavy atom. The second-order valence-corrected chi connectivity index (χ2v) is 9.80. The van der Waals surface area contributed by atoms with Gasteiger partial charge in [-0.25, -0.2) is 0 Å². The van der Waals surface area contributed by atoms with Gasteiger partial charge in [0.1, 0.15) is 4.21 Å². The van der Waals surface area contributed by atoms with E-state index in [4.69, 9.17) is 11.6 Å². The summed E-state index contributed by atoms with van der Waals surface area (Å²) >= 11 is 7.57. The van der Waals surface area contributed by atoms with E-state index in [0.717, 1.165) is 30.1 Å². The van der Waals surface area contributed by atoms with E-state index in [-0.39, 0.29) is 4.21 Å². The Morgan fingerprint density at radius 1 is 0.897 bits per heavy atom. The molecule has 1 saturated heterocycles. The van der Waals surface area contributed by atoms with Crippen LogP contribution in [0.2, 0.25) is 5.02 Å². The average molecular weight is 446 g/mol. The first kappa shape index (κ1) is 19.9. The number of nitrogens with zero attached hydrogens (tertiary/aromatic N) is 3. The Hall–Kier alpha value is -2.35. The molecule has 8 heteroatoms. The number of hydrogen-bond donors (Lipinski definition) is 0. The quantitative estimate of drug-likeness (QED) is 0.442. The highest BCUT2D eigenvalue weighted by Gasteiger charge is 2.25. The maximum absolute atomic E-state index is 12.9. The molecule has 0 amide bonds. The summed E-state index contributed by atoms with van der Waals surface area (Å²) in [6, 6.07) is 20.7. The van der Waals surface area contributed by atoms with Gasteiger partial charge < -0.3 is 9.80 Å². The molecule has 0 aliphatic carbocycles. The monoisotopic (exact) mass is 445 g/mol. The Labute approximate surface area is 179 Å². The summed E-state index contributed by atoms with van der Waals surface area (Å²) in [5.41, 5.74) is 1.79. The van der Waals surface area contributed by atoms with E-state index in [2.05, 4.69) is 21.4 Å². The van der Waals surface area contributed by atoms with Gasteiger partial charge in [0.2, 0.25) is 0 Å². The van der Waals surface area contributed by atoms with Gasteiger partial charge in [0.05, 0.1) is 5.02 Å². The number of para-hydroxylation sites is 1. The zero-order valence-electron chi connectivity index (χ0n) is 15.6. The highest BCUT2D eigenvalue weighted by Crippen LogP contribution is 2.24. The van der Waals surface area contributed by atoms with Gasteiger partial charge in [0, 0.05) is 37.4 Å². The molecule has 5 nitrogen and oxygen atoms in total. The van der Waals surface area contributed by atoms with E-state index < -0.39 is 10.0 Å². The predicted octanol–water partition coefficient (Wildman–Crippen LogP) is 4.36. The molecule has 0 atom stereocenters. The van der Waals surface area contributed by atoms with Crippen molar-refractivity contribution in [2.24, 2.45) is 4.40 Å². The summed E-state index contributed by atoms with van der Waals surface area (Å²) in [6.07, 6.45) is 0. The maximum atomic E-state index is 12.9. The van der Waals surface area contributed by atoms with E-state index in [1.165, 1.54) is 0 Å². The van der Waals surface area contributed by atoms with Crippen LogP contribution in [-0.4, -0.2) is 45.3 Å². The number of hydrogen-bond acceptors (Lipinski definition) is 4. The van der Waals surface area contributed by atoms with Gasteiger partial charge in [-0.05, 0) is 35.7 Å². The van der Waals surface area contributed by atoms with Gasteiger partial charge in [-0.15, -0.1) is 15.7 Å². The molecule has 2 heterocycles. The zero-order chi connectivity index (χ0) is 20.3. The van der Waals surface area contributed by atoms with Crippen LogP contribution in [0, 0.1) is 0 Å². The lowest BCUT2D eigenvalue weighted by Gasteiger charge is -2.37. The van der Waals surface area contributed by atoms with E-state index >= 15 is 0 Å². The van der Waals surface area contributed by atoms with Crippen molar-refractivity contribution in [3.8, 4) is 0 Å². The number of rotatable bonds is 4. The second kappa shape index (κ2) is 8.57. The topological polar surface area (TPSA) is 53.0 Å². The molecular weight excluding hydrogens is 426 g/mol. The summed E-state index contributed by atoms with van der Waals surface area (Å²) in [4.78, 5) is 4.29. The van der Waals surface area contributed by atoms with Gasteiger partial charge in [-0.1, -0.05) is 48.0 Å². The van der Waals surface area contributed by atoms with Crippen LogP contribution in [0.3, 0.4) is 0 Å². The molecule has 0 saturated carbocycles. The van der Waals surface area contributed by atoms with E-state index in [1.807, 2.05) is 41.3 Å². The van der Waals surface area contributed by atoms with Crippen LogP contribution in [0.4, 0.5) is 5.69 Å². The summed E-state index contributed by atoms with van der Waals surface area (Å²) in [5.74, 6) is 0.400. The van der Waals surface area contributed by atoms with E-state index in [1.54, 1.807) is 23.6 Å². The lowest BCUT2D eigenvalue weighted by atomic mass is 10.1. The first-order valence-corrected chi connectivity index (χ1v) is 11.9. The van der Waals surface area contributed by atoms with Crippen molar-refractivity contribution < 1.29 is 8.42 Å². The van der Waals surface area contributed by atoms with Gasteiger partial charge in [0.25, 0.3) is 10.0 Å². The largest absolute Gasteiger partial charge is 0.368 e. The van der Waals surface area contributed by atoms with Crippen molar-refractivity contribution in [1.82, 2.24) is 4.90 Å². The number of amidine groups is 1. The van der Waals surface area contributed by atoms with Crippen molar-refractivity contribution in [1.29, 1.82) is 0 Å². The molecule has 1 aliphatic heterocycles. The van der Waals surface area contributed by atoms with E-state index in [0.29, 0.717) is 29.5 Å². The standard InChI is InChI=1S/C21H20ClN3O2S2/c22-19-10-5-4-9-18(19)21(23-29(26,27)20-11-6-16-28-20)25-14-12-24(13-15-25)17-7-2-1-3-8-17/h1-11,16H,12-15H2. The molecule has 150 valence electrons. The van der Waals surface area contributed by atoms with Crippen molar-refractivity contribution >= 4 is 44.5 Å². The van der Waals surface area contributed by atoms with Crippen molar-refractivity contribution in [3.63, 3.8) is 0 Å². The molecule has 1 aliphatic rings. The predicted molar refractivity (Wildman–Crippen MR) is 120 cm³/mol. The highest BCUT2D eigenvalue weighted by atomic mass is 35.5. The normalized spacial score (nSPS) is 15.6. The summed E-state index contributed by atoms with van der Waals surface area (Å²) in [7, 11) is -3.80. The smallest absolute Gasteiger partial charge is 0.293 e. The second-order valence-electron chi connectivity index (χ2n) is 6.61. The molecule has 29 heavy (non-hydrogen) atoms. The third kappa shape index (κ3) is 4.47. The lowest BCUT2D eigenvalue weighted by molar-refractivity contribution is 0.387. The first-order chi connectivity index (χ1) is 14.0. The first-order valence-electron chi connectivity index (χ1n) is 9.23. The summed E-state index contributed by atoms with van der Waals surface area (Å²) in [6.45, 7) is 2.84. The molecule has 1 aromatic heterocycles. The highest BCUT2D eigenvalue weighted by molar-refractivity contribution is 7.92. The Bertz CT molecular complexity index is 1090. The van der Waals surface area contributed by atoms with E-state index in [9.17, 15) is 8.42 Å². The van der Waals surface area contributed by atoms with Crippen LogP contribution < -0.4 is 4.90 Å². The van der Waals surface area contributed by atoms with Gasteiger partial charge >= 0.3 is 0 Å². The number of thiophene rings is 1. The van der Waals surface area contributed by atoms with Crippen LogP contribution in [0.25, 0.3) is 0 Å². The van der Waals surface area contributed by atoms with Crippen LogP contribution in [0.1, 0.15) is 5.56 Å². The molecule has 0 radical (unpaired) electrons. The third-order valence-corrected chi connectivity index (χ3v) is 7.74. The molecule has 4 rings (SSSR count). The molecule has 1 fully saturated rings. The maximum Gasteiger partial charge on any atom is 0.293 e. The minimum absolute atomic E-state index is 0.227. The number of anilines is 1. The fourth-order valence-electron chi connectivity index (χ4n) is 3.30. The van der Waals surface area contributed by atoms with Gasteiger partial charge in [-0.3, -0.25) is 0 Å². The van der Waals surface area contributed by atoms with Crippen molar-refractivity contribution in [2.45, 2.75) is 4.21 Å². The molecule has 0 spiro atoms. The third-order valence-electron chi connectivity index (χ3n) is 4.77. The lowest BCUT2D eigenvalue weighted by Crippen LogP contribution is -2.49. The molecule has 0 N–H and O–H groups in total. The molecule has 3 aromatic rings. The minimum atomic E-state index is -3.80. The average Bonchev–Trinajstić information content (AvgIpc) is 3.30. The molecule has 0 bridgehead atoms. The number of benzene rings is 2. The molecule has 2 aromatic carbocycles. The summed E-state index contributed by atoms with van der Waals surface area (Å²) in [5, 5.41) is 2.22. The van der Waals surface area contributed by atoms with Crippen molar-refractivity contribution in [2.75, 3.05) is 31.1 Å². The fourth-order valence-corrected chi connectivity index (χ4v) is 5.52. The van der Waals surface area contributed by atoms with Crippen LogP contribution >= 0.6 is 22.9 Å². The zero-order valence-corrected chi connectivity index (χ0v) is 18.0. The molecule has 0 unspecified atom stereocenters. The molecular formula is C21H20ClN3O2S2. The van der Waals surface area contributed by atoms with Crippen LogP contribution in [-0.2, 0) is 10.0 Å². The Balaban J connectivity index is 1.65. The van der Waals surface area contributed by atoms with Crippen LogP contribution in [0.15, 0.2) is 80.7 Å².